The first-order valence-electron chi connectivity index (χ1n) is 8.84. The number of ether oxygens (including phenoxy) is 2. The highest BCUT2D eigenvalue weighted by molar-refractivity contribution is 6.30. The Labute approximate surface area is 173 Å². The molecule has 0 saturated carbocycles. The molecule has 148 valence electrons. The van der Waals surface area contributed by atoms with Crippen LogP contribution in [0.2, 0.25) is 5.02 Å². The van der Waals surface area contributed by atoms with E-state index in [9.17, 15) is 9.59 Å². The third kappa shape index (κ3) is 6.55. The number of rotatable bonds is 7. The number of benzene rings is 3. The van der Waals surface area contributed by atoms with Gasteiger partial charge >= 0.3 is 0 Å². The molecular weight excluding hydrogens is 392 g/mol. The van der Waals surface area contributed by atoms with Crippen LogP contribution in [-0.4, -0.2) is 18.4 Å². The Morgan fingerprint density at radius 2 is 1.41 bits per heavy atom. The van der Waals surface area contributed by atoms with Gasteiger partial charge in [-0.15, -0.1) is 0 Å². The second-order valence-electron chi connectivity index (χ2n) is 6.04. The average molecular weight is 411 g/mol. The fourth-order valence-corrected chi connectivity index (χ4v) is 2.48. The molecule has 0 saturated heterocycles. The Bertz CT molecular complexity index is 945. The van der Waals surface area contributed by atoms with E-state index in [0.29, 0.717) is 28.7 Å². The maximum atomic E-state index is 12.1. The lowest BCUT2D eigenvalue weighted by Gasteiger charge is -2.10. The van der Waals surface area contributed by atoms with Gasteiger partial charge in [0.05, 0.1) is 0 Å². The van der Waals surface area contributed by atoms with Crippen molar-refractivity contribution in [2.24, 2.45) is 0 Å². The van der Waals surface area contributed by atoms with Crippen LogP contribution in [-0.2, 0) is 11.4 Å². The van der Waals surface area contributed by atoms with Gasteiger partial charge in [0.25, 0.3) is 11.8 Å². The standard InChI is InChI=1S/C22H19ClN2O4/c23-18-10-12-20(13-11-18)28-14-16-6-8-17(9-7-16)22(27)25-24-21(26)15-29-19-4-2-1-3-5-19/h1-13H,14-15H2,(H,24,26)(H,25,27). The van der Waals surface area contributed by atoms with E-state index in [1.165, 1.54) is 0 Å². The van der Waals surface area contributed by atoms with E-state index in [0.717, 1.165) is 5.56 Å². The maximum Gasteiger partial charge on any atom is 0.276 e. The van der Waals surface area contributed by atoms with Gasteiger partial charge in [0, 0.05) is 10.6 Å². The highest BCUT2D eigenvalue weighted by atomic mass is 35.5. The van der Waals surface area contributed by atoms with E-state index in [4.69, 9.17) is 21.1 Å². The molecule has 3 rings (SSSR count). The highest BCUT2D eigenvalue weighted by Crippen LogP contribution is 2.17. The first kappa shape index (κ1) is 20.2. The first-order valence-corrected chi connectivity index (χ1v) is 9.22. The summed E-state index contributed by atoms with van der Waals surface area (Å²) in [6.45, 7) is 0.155. The summed E-state index contributed by atoms with van der Waals surface area (Å²) < 4.78 is 11.0. The van der Waals surface area contributed by atoms with Gasteiger partial charge in [0.2, 0.25) is 0 Å². The minimum Gasteiger partial charge on any atom is -0.489 e. The summed E-state index contributed by atoms with van der Waals surface area (Å²) in [6, 6.07) is 22.9. The molecule has 0 fully saturated rings. The van der Waals surface area contributed by atoms with Crippen LogP contribution < -0.4 is 20.3 Å². The van der Waals surface area contributed by atoms with E-state index in [1.807, 2.05) is 6.07 Å². The number of halogens is 1. The van der Waals surface area contributed by atoms with Crippen LogP contribution in [0.25, 0.3) is 0 Å². The Hall–Kier alpha value is -3.51. The molecule has 0 aliphatic heterocycles. The summed E-state index contributed by atoms with van der Waals surface area (Å²) in [7, 11) is 0. The van der Waals surface area contributed by atoms with Crippen molar-refractivity contribution in [3.05, 3.63) is 95.0 Å². The van der Waals surface area contributed by atoms with Crippen molar-refractivity contribution < 1.29 is 19.1 Å². The van der Waals surface area contributed by atoms with Gasteiger partial charge in [0.15, 0.2) is 6.61 Å². The van der Waals surface area contributed by atoms with Crippen molar-refractivity contribution >= 4 is 23.4 Å². The molecule has 0 aromatic heterocycles. The van der Waals surface area contributed by atoms with E-state index >= 15 is 0 Å². The maximum absolute atomic E-state index is 12.1. The van der Waals surface area contributed by atoms with Crippen LogP contribution in [0.3, 0.4) is 0 Å². The molecule has 0 radical (unpaired) electrons. The second kappa shape index (κ2) is 10.1. The molecule has 0 spiro atoms. The number of para-hydroxylation sites is 1. The van der Waals surface area contributed by atoms with Gasteiger partial charge in [-0.1, -0.05) is 41.9 Å². The zero-order chi connectivity index (χ0) is 20.5. The normalized spacial score (nSPS) is 10.1. The van der Waals surface area contributed by atoms with Crippen molar-refractivity contribution in [1.29, 1.82) is 0 Å². The van der Waals surface area contributed by atoms with Crippen LogP contribution in [0.1, 0.15) is 15.9 Å². The quantitative estimate of drug-likeness (QED) is 0.581. The molecule has 29 heavy (non-hydrogen) atoms. The number of hydrazine groups is 1. The molecule has 0 atom stereocenters. The topological polar surface area (TPSA) is 76.7 Å². The van der Waals surface area contributed by atoms with Gasteiger partial charge in [-0.3, -0.25) is 20.4 Å². The Morgan fingerprint density at radius 1 is 0.759 bits per heavy atom. The third-order valence-electron chi connectivity index (χ3n) is 3.86. The van der Waals surface area contributed by atoms with E-state index in [2.05, 4.69) is 10.9 Å². The molecule has 2 amide bonds. The smallest absolute Gasteiger partial charge is 0.276 e. The lowest BCUT2D eigenvalue weighted by molar-refractivity contribution is -0.123. The predicted octanol–water partition coefficient (Wildman–Crippen LogP) is 3.76. The van der Waals surface area contributed by atoms with Crippen molar-refractivity contribution in [2.75, 3.05) is 6.61 Å². The molecule has 0 bridgehead atoms. The largest absolute Gasteiger partial charge is 0.489 e. The van der Waals surface area contributed by atoms with Crippen molar-refractivity contribution in [3.8, 4) is 11.5 Å². The summed E-state index contributed by atoms with van der Waals surface area (Å²) in [5.41, 5.74) is 5.98. The van der Waals surface area contributed by atoms with Gasteiger partial charge in [-0.05, 0) is 54.1 Å². The average Bonchev–Trinajstić information content (AvgIpc) is 2.76. The number of nitrogens with one attached hydrogen (secondary N) is 2. The van der Waals surface area contributed by atoms with E-state index < -0.39 is 11.8 Å². The molecule has 0 unspecified atom stereocenters. The molecule has 0 heterocycles. The van der Waals surface area contributed by atoms with Gasteiger partial charge in [0.1, 0.15) is 18.1 Å². The van der Waals surface area contributed by atoms with Crippen molar-refractivity contribution in [2.45, 2.75) is 6.61 Å². The van der Waals surface area contributed by atoms with Crippen LogP contribution >= 0.6 is 11.6 Å². The fraction of sp³-hybridized carbons (Fsp3) is 0.0909. The number of hydrogen-bond donors (Lipinski definition) is 2. The first-order chi connectivity index (χ1) is 14.1. The molecule has 6 nitrogen and oxygen atoms in total. The van der Waals surface area contributed by atoms with E-state index in [1.54, 1.807) is 72.8 Å². The molecule has 0 aliphatic carbocycles. The Balaban J connectivity index is 1.42. The number of carbonyl (C=O) groups excluding carboxylic acids is 2. The van der Waals surface area contributed by atoms with Crippen molar-refractivity contribution in [3.63, 3.8) is 0 Å². The molecule has 7 heteroatoms. The van der Waals surface area contributed by atoms with Gasteiger partial charge < -0.3 is 9.47 Å². The van der Waals surface area contributed by atoms with Crippen LogP contribution in [0.5, 0.6) is 11.5 Å². The Morgan fingerprint density at radius 3 is 2.10 bits per heavy atom. The predicted molar refractivity (Wildman–Crippen MR) is 110 cm³/mol. The molecular formula is C22H19ClN2O4. The third-order valence-corrected chi connectivity index (χ3v) is 4.12. The van der Waals surface area contributed by atoms with Crippen LogP contribution in [0, 0.1) is 0 Å². The van der Waals surface area contributed by atoms with Gasteiger partial charge in [-0.25, -0.2) is 0 Å². The Kier molecular flexibility index (Phi) is 7.08. The van der Waals surface area contributed by atoms with E-state index in [-0.39, 0.29) is 6.61 Å². The fourth-order valence-electron chi connectivity index (χ4n) is 2.35. The minimum absolute atomic E-state index is 0.203. The van der Waals surface area contributed by atoms with Gasteiger partial charge in [-0.2, -0.15) is 0 Å². The lowest BCUT2D eigenvalue weighted by Crippen LogP contribution is -2.43. The summed E-state index contributed by atoms with van der Waals surface area (Å²) in [5.74, 6) is 0.389. The summed E-state index contributed by atoms with van der Waals surface area (Å²) in [4.78, 5) is 23.9. The molecule has 0 aliphatic rings. The van der Waals surface area contributed by atoms with Crippen LogP contribution in [0.4, 0.5) is 0 Å². The molecule has 3 aromatic rings. The zero-order valence-electron chi connectivity index (χ0n) is 15.4. The highest BCUT2D eigenvalue weighted by Gasteiger charge is 2.08. The number of amides is 2. The monoisotopic (exact) mass is 410 g/mol. The number of hydrogen-bond acceptors (Lipinski definition) is 4. The van der Waals surface area contributed by atoms with Crippen molar-refractivity contribution in [1.82, 2.24) is 10.9 Å². The summed E-state index contributed by atoms with van der Waals surface area (Å²) >= 11 is 5.84. The molecule has 2 N–H and O–H groups in total. The second-order valence-corrected chi connectivity index (χ2v) is 6.48. The number of carbonyl (C=O) groups is 2. The van der Waals surface area contributed by atoms with Crippen LogP contribution in [0.15, 0.2) is 78.9 Å². The molecule has 3 aromatic carbocycles. The zero-order valence-corrected chi connectivity index (χ0v) is 16.2. The lowest BCUT2D eigenvalue weighted by atomic mass is 10.1. The summed E-state index contributed by atoms with van der Waals surface area (Å²) in [5, 5.41) is 0.645. The minimum atomic E-state index is -0.463. The SMILES string of the molecule is O=C(COc1ccccc1)NNC(=O)c1ccc(COc2ccc(Cl)cc2)cc1. The summed E-state index contributed by atoms with van der Waals surface area (Å²) in [6.07, 6.45) is 0.